The quantitative estimate of drug-likeness (QED) is 0.927. The van der Waals surface area contributed by atoms with Crippen LogP contribution < -0.4 is 5.32 Å². The molecule has 18 heavy (non-hydrogen) atoms. The number of hydrogen-bond donors (Lipinski definition) is 1. The summed E-state index contributed by atoms with van der Waals surface area (Å²) in [5.41, 5.74) is 2.33. The van der Waals surface area contributed by atoms with Gasteiger partial charge in [0.1, 0.15) is 11.5 Å². The fraction of sp³-hybridized carbons (Fsp3) is 0.250. The van der Waals surface area contributed by atoms with E-state index < -0.39 is 0 Å². The average Bonchev–Trinajstić information content (AvgIpc) is 2.63. The average molecular weight is 309 g/mol. The van der Waals surface area contributed by atoms with Gasteiger partial charge in [0.25, 0.3) is 5.91 Å². The fourth-order valence-electron chi connectivity index (χ4n) is 1.61. The molecule has 0 atom stereocenters. The summed E-state index contributed by atoms with van der Waals surface area (Å²) in [5, 5.41) is 6.88. The molecule has 0 saturated heterocycles. The van der Waals surface area contributed by atoms with Gasteiger partial charge in [0, 0.05) is 17.7 Å². The Balaban J connectivity index is 2.21. The summed E-state index contributed by atoms with van der Waals surface area (Å²) >= 11 is 3.37. The molecule has 1 N–H and O–H groups in total. The summed E-state index contributed by atoms with van der Waals surface area (Å²) in [6.45, 7) is 3.79. The van der Waals surface area contributed by atoms with Crippen molar-refractivity contribution in [3.05, 3.63) is 39.8 Å². The zero-order chi connectivity index (χ0) is 13.3. The van der Waals surface area contributed by atoms with Crippen LogP contribution in [0, 0.1) is 13.8 Å². The Kier molecular flexibility index (Phi) is 3.47. The molecule has 0 radical (unpaired) electrons. The molecule has 0 aliphatic rings. The van der Waals surface area contributed by atoms with Gasteiger partial charge in [-0.15, -0.1) is 0 Å². The van der Waals surface area contributed by atoms with Gasteiger partial charge in [-0.25, -0.2) is 4.98 Å². The molecule has 1 amide bonds. The maximum absolute atomic E-state index is 12.0. The number of halogens is 1. The molecule has 0 bridgehead atoms. The lowest BCUT2D eigenvalue weighted by Crippen LogP contribution is -2.16. The topological polar surface area (TPSA) is 59.8 Å². The van der Waals surface area contributed by atoms with Crippen molar-refractivity contribution >= 4 is 27.7 Å². The molecule has 94 valence electrons. The molecular weight excluding hydrogens is 296 g/mol. The van der Waals surface area contributed by atoms with E-state index in [0.717, 1.165) is 15.7 Å². The summed E-state index contributed by atoms with van der Waals surface area (Å²) in [5.74, 6) is 0.312. The largest absolute Gasteiger partial charge is 0.305 e. The Hall–Kier alpha value is -1.69. The van der Waals surface area contributed by atoms with Gasteiger partial charge >= 0.3 is 0 Å². The van der Waals surface area contributed by atoms with Crippen LogP contribution in [0.5, 0.6) is 0 Å². The van der Waals surface area contributed by atoms with Gasteiger partial charge in [-0.05, 0) is 47.5 Å². The lowest BCUT2D eigenvalue weighted by atomic mass is 10.3. The highest BCUT2D eigenvalue weighted by atomic mass is 79.9. The first kappa shape index (κ1) is 12.8. The van der Waals surface area contributed by atoms with Gasteiger partial charge in [-0.1, -0.05) is 0 Å². The molecule has 6 heteroatoms. The molecule has 0 spiro atoms. The molecule has 0 saturated carbocycles. The van der Waals surface area contributed by atoms with Crippen LogP contribution in [0.15, 0.2) is 22.8 Å². The summed E-state index contributed by atoms with van der Waals surface area (Å²) < 4.78 is 2.47. The first-order valence-electron chi connectivity index (χ1n) is 5.41. The number of anilines is 1. The number of carbonyl (C=O) groups is 1. The highest BCUT2D eigenvalue weighted by Crippen LogP contribution is 2.17. The SMILES string of the molecule is Cc1cc(C(=O)Nc2cc(C)c(Br)cn2)n(C)n1. The summed E-state index contributed by atoms with van der Waals surface area (Å²) in [6, 6.07) is 3.55. The van der Waals surface area contributed by atoms with E-state index in [0.29, 0.717) is 11.5 Å². The van der Waals surface area contributed by atoms with Crippen LogP contribution in [-0.4, -0.2) is 20.7 Å². The van der Waals surface area contributed by atoms with Crippen molar-refractivity contribution in [1.29, 1.82) is 0 Å². The fourth-order valence-corrected chi connectivity index (χ4v) is 1.83. The van der Waals surface area contributed by atoms with E-state index in [-0.39, 0.29) is 5.91 Å². The lowest BCUT2D eigenvalue weighted by Gasteiger charge is -2.06. The molecular formula is C12H13BrN4O. The predicted octanol–water partition coefficient (Wildman–Crippen LogP) is 2.45. The maximum atomic E-state index is 12.0. The van der Waals surface area contributed by atoms with Gasteiger partial charge in [0.15, 0.2) is 0 Å². The van der Waals surface area contributed by atoms with Crippen molar-refractivity contribution in [3.63, 3.8) is 0 Å². The van der Waals surface area contributed by atoms with Crippen LogP contribution >= 0.6 is 15.9 Å². The molecule has 2 heterocycles. The van der Waals surface area contributed by atoms with Crippen molar-refractivity contribution in [2.24, 2.45) is 7.05 Å². The van der Waals surface area contributed by atoms with Crippen LogP contribution in [0.25, 0.3) is 0 Å². The number of carbonyl (C=O) groups excluding carboxylic acids is 1. The molecule has 0 unspecified atom stereocenters. The second-order valence-electron chi connectivity index (χ2n) is 4.07. The number of aromatic nitrogens is 3. The van der Waals surface area contributed by atoms with Gasteiger partial charge < -0.3 is 5.32 Å². The third-order valence-electron chi connectivity index (χ3n) is 2.52. The van der Waals surface area contributed by atoms with Crippen LogP contribution in [0.4, 0.5) is 5.82 Å². The van der Waals surface area contributed by atoms with Crippen molar-refractivity contribution in [2.75, 3.05) is 5.32 Å². The molecule has 0 aliphatic heterocycles. The number of aryl methyl sites for hydroxylation is 3. The Morgan fingerprint density at radius 2 is 2.11 bits per heavy atom. The highest BCUT2D eigenvalue weighted by Gasteiger charge is 2.12. The summed E-state index contributed by atoms with van der Waals surface area (Å²) in [7, 11) is 1.74. The van der Waals surface area contributed by atoms with Crippen molar-refractivity contribution in [1.82, 2.24) is 14.8 Å². The number of nitrogens with zero attached hydrogens (tertiary/aromatic N) is 3. The van der Waals surface area contributed by atoms with Crippen LogP contribution in [0.3, 0.4) is 0 Å². The van der Waals surface area contributed by atoms with Gasteiger partial charge in [0.05, 0.1) is 5.69 Å². The van der Waals surface area contributed by atoms with E-state index in [1.54, 1.807) is 24.0 Å². The van der Waals surface area contributed by atoms with Crippen molar-refractivity contribution < 1.29 is 4.79 Å². The number of amides is 1. The van der Waals surface area contributed by atoms with E-state index in [9.17, 15) is 4.79 Å². The minimum Gasteiger partial charge on any atom is -0.305 e. The van der Waals surface area contributed by atoms with E-state index >= 15 is 0 Å². The summed E-state index contributed by atoms with van der Waals surface area (Å²) in [4.78, 5) is 16.2. The third kappa shape index (κ3) is 2.59. The molecule has 0 fully saturated rings. The van der Waals surface area contributed by atoms with Crippen LogP contribution in [0.1, 0.15) is 21.7 Å². The molecule has 2 aromatic heterocycles. The number of pyridine rings is 1. The zero-order valence-corrected chi connectivity index (χ0v) is 11.9. The minimum absolute atomic E-state index is 0.215. The van der Waals surface area contributed by atoms with Crippen LogP contribution in [0.2, 0.25) is 0 Å². The van der Waals surface area contributed by atoms with Gasteiger partial charge in [0.2, 0.25) is 0 Å². The molecule has 2 rings (SSSR count). The van der Waals surface area contributed by atoms with E-state index in [1.165, 1.54) is 0 Å². The Labute approximate surface area is 113 Å². The second-order valence-corrected chi connectivity index (χ2v) is 4.92. The normalized spacial score (nSPS) is 10.4. The zero-order valence-electron chi connectivity index (χ0n) is 10.4. The molecule has 0 aromatic carbocycles. The minimum atomic E-state index is -0.215. The third-order valence-corrected chi connectivity index (χ3v) is 3.35. The first-order valence-corrected chi connectivity index (χ1v) is 6.21. The molecule has 0 aliphatic carbocycles. The predicted molar refractivity (Wildman–Crippen MR) is 72.6 cm³/mol. The summed E-state index contributed by atoms with van der Waals surface area (Å²) in [6.07, 6.45) is 1.67. The van der Waals surface area contributed by atoms with E-state index in [4.69, 9.17) is 0 Å². The monoisotopic (exact) mass is 308 g/mol. The highest BCUT2D eigenvalue weighted by molar-refractivity contribution is 9.10. The Morgan fingerprint density at radius 3 is 2.67 bits per heavy atom. The first-order chi connectivity index (χ1) is 8.47. The lowest BCUT2D eigenvalue weighted by molar-refractivity contribution is 0.101. The number of rotatable bonds is 2. The molecule has 2 aromatic rings. The van der Waals surface area contributed by atoms with E-state index in [1.807, 2.05) is 19.9 Å². The smallest absolute Gasteiger partial charge is 0.275 e. The Bertz CT molecular complexity index is 606. The maximum Gasteiger partial charge on any atom is 0.275 e. The van der Waals surface area contributed by atoms with Crippen LogP contribution in [-0.2, 0) is 7.05 Å². The number of hydrogen-bond acceptors (Lipinski definition) is 3. The second kappa shape index (κ2) is 4.89. The standard InChI is InChI=1S/C12H13BrN4O/c1-7-4-11(14-6-9(7)13)15-12(18)10-5-8(2)16-17(10)3/h4-6H,1-3H3,(H,14,15,18). The van der Waals surface area contributed by atoms with Gasteiger partial charge in [-0.3, -0.25) is 9.48 Å². The van der Waals surface area contributed by atoms with Gasteiger partial charge in [-0.2, -0.15) is 5.10 Å². The number of nitrogens with one attached hydrogen (secondary N) is 1. The Morgan fingerprint density at radius 1 is 1.39 bits per heavy atom. The van der Waals surface area contributed by atoms with Crippen molar-refractivity contribution in [3.8, 4) is 0 Å². The van der Waals surface area contributed by atoms with Crippen molar-refractivity contribution in [2.45, 2.75) is 13.8 Å². The van der Waals surface area contributed by atoms with E-state index in [2.05, 4.69) is 31.3 Å². The molecule has 5 nitrogen and oxygen atoms in total.